The first-order valence-electron chi connectivity index (χ1n) is 8.90. The number of carboxylic acid groups (broad SMARTS) is 1. The number of aromatic nitrogens is 2. The molecule has 144 valence electrons. The number of ether oxygens (including phenoxy) is 1. The molecule has 4 aromatic rings. The van der Waals surface area contributed by atoms with Crippen LogP contribution in [-0.4, -0.2) is 28.0 Å². The van der Waals surface area contributed by atoms with Gasteiger partial charge in [0.1, 0.15) is 22.8 Å². The molecule has 0 unspecified atom stereocenters. The van der Waals surface area contributed by atoms with Gasteiger partial charge in [0.15, 0.2) is 0 Å². The van der Waals surface area contributed by atoms with Gasteiger partial charge in [0, 0.05) is 11.1 Å². The van der Waals surface area contributed by atoms with Crippen LogP contribution >= 0.6 is 0 Å². The van der Waals surface area contributed by atoms with Gasteiger partial charge in [0.2, 0.25) is 0 Å². The summed E-state index contributed by atoms with van der Waals surface area (Å²) in [7, 11) is 1.55. The Morgan fingerprint density at radius 2 is 1.66 bits per heavy atom. The predicted molar refractivity (Wildman–Crippen MR) is 108 cm³/mol. The van der Waals surface area contributed by atoms with Crippen molar-refractivity contribution in [2.75, 3.05) is 7.11 Å². The molecule has 0 aliphatic rings. The summed E-state index contributed by atoms with van der Waals surface area (Å²) in [5.74, 6) is -0.889. The molecule has 0 fully saturated rings. The number of nitrogens with zero attached hydrogens (tertiary/aromatic N) is 2. The van der Waals surface area contributed by atoms with Gasteiger partial charge in [0.25, 0.3) is 0 Å². The summed E-state index contributed by atoms with van der Waals surface area (Å²) in [6.45, 7) is 0. The highest BCUT2D eigenvalue weighted by molar-refractivity contribution is 6.02. The zero-order chi connectivity index (χ0) is 20.4. The maximum absolute atomic E-state index is 13.4. The van der Waals surface area contributed by atoms with Gasteiger partial charge in [-0.15, -0.1) is 0 Å². The lowest BCUT2D eigenvalue weighted by Crippen LogP contribution is -2.03. The summed E-state index contributed by atoms with van der Waals surface area (Å²) in [5.41, 5.74) is 2.65. The maximum Gasteiger partial charge on any atom is 0.340 e. The van der Waals surface area contributed by atoms with Crippen LogP contribution in [0.3, 0.4) is 0 Å². The Bertz CT molecular complexity index is 1170. The first-order chi connectivity index (χ1) is 14.1. The van der Waals surface area contributed by atoms with E-state index < -0.39 is 5.97 Å². The Morgan fingerprint density at radius 1 is 0.966 bits per heavy atom. The lowest BCUT2D eigenvalue weighted by Gasteiger charge is -2.08. The molecular weight excluding hydrogens is 371 g/mol. The van der Waals surface area contributed by atoms with Crippen molar-refractivity contribution in [1.82, 2.24) is 9.78 Å². The van der Waals surface area contributed by atoms with Crippen molar-refractivity contribution in [2.45, 2.75) is 0 Å². The number of aromatic carboxylic acids is 1. The van der Waals surface area contributed by atoms with E-state index in [0.717, 1.165) is 0 Å². The molecule has 5 nitrogen and oxygen atoms in total. The Labute approximate surface area is 166 Å². The van der Waals surface area contributed by atoms with Gasteiger partial charge in [0.05, 0.1) is 18.5 Å². The third kappa shape index (κ3) is 3.48. The van der Waals surface area contributed by atoms with Gasteiger partial charge in [-0.3, -0.25) is 0 Å². The van der Waals surface area contributed by atoms with E-state index in [2.05, 4.69) is 5.10 Å². The summed E-state index contributed by atoms with van der Waals surface area (Å²) >= 11 is 0. The maximum atomic E-state index is 13.4. The molecule has 29 heavy (non-hydrogen) atoms. The lowest BCUT2D eigenvalue weighted by atomic mass is 10.0. The Kier molecular flexibility index (Phi) is 4.83. The van der Waals surface area contributed by atoms with Crippen LogP contribution in [0.1, 0.15) is 10.4 Å². The number of hydrogen-bond donors (Lipinski definition) is 1. The van der Waals surface area contributed by atoms with Gasteiger partial charge in [-0.1, -0.05) is 42.5 Å². The van der Waals surface area contributed by atoms with Crippen molar-refractivity contribution in [3.05, 3.63) is 90.2 Å². The van der Waals surface area contributed by atoms with Crippen LogP contribution < -0.4 is 4.74 Å². The molecule has 0 aliphatic heterocycles. The van der Waals surface area contributed by atoms with E-state index in [1.807, 2.05) is 30.3 Å². The van der Waals surface area contributed by atoms with Crippen molar-refractivity contribution >= 4 is 5.97 Å². The van der Waals surface area contributed by atoms with Crippen LogP contribution in [0.5, 0.6) is 5.75 Å². The fourth-order valence-corrected chi connectivity index (χ4v) is 3.22. The van der Waals surface area contributed by atoms with Crippen LogP contribution in [0.2, 0.25) is 0 Å². The van der Waals surface area contributed by atoms with Crippen molar-refractivity contribution in [2.24, 2.45) is 0 Å². The molecule has 0 spiro atoms. The summed E-state index contributed by atoms with van der Waals surface area (Å²) in [4.78, 5) is 12.3. The van der Waals surface area contributed by atoms with Crippen molar-refractivity contribution < 1.29 is 19.0 Å². The van der Waals surface area contributed by atoms with Gasteiger partial charge in [-0.2, -0.15) is 5.10 Å². The minimum absolute atomic E-state index is 0.0637. The van der Waals surface area contributed by atoms with E-state index in [1.165, 1.54) is 16.8 Å². The third-order valence-corrected chi connectivity index (χ3v) is 4.56. The van der Waals surface area contributed by atoms with Crippen LogP contribution in [0.25, 0.3) is 28.2 Å². The van der Waals surface area contributed by atoms with Gasteiger partial charge >= 0.3 is 5.97 Å². The fraction of sp³-hybridized carbons (Fsp3) is 0.0435. The monoisotopic (exact) mass is 388 g/mol. The Hall–Kier alpha value is -3.93. The van der Waals surface area contributed by atoms with Gasteiger partial charge in [-0.25, -0.2) is 13.9 Å². The topological polar surface area (TPSA) is 64.4 Å². The van der Waals surface area contributed by atoms with E-state index in [1.54, 1.807) is 43.5 Å². The zero-order valence-corrected chi connectivity index (χ0v) is 15.5. The summed E-state index contributed by atoms with van der Waals surface area (Å²) in [5, 5.41) is 14.7. The van der Waals surface area contributed by atoms with E-state index in [-0.39, 0.29) is 11.4 Å². The smallest absolute Gasteiger partial charge is 0.340 e. The third-order valence-electron chi connectivity index (χ3n) is 4.56. The quantitative estimate of drug-likeness (QED) is 0.519. The van der Waals surface area contributed by atoms with Gasteiger partial charge in [-0.05, 0) is 36.4 Å². The fourth-order valence-electron chi connectivity index (χ4n) is 3.22. The SMILES string of the molecule is COc1cccc(-c2nn(-c3ccc(F)cc3)c(-c3ccccc3)c2C(=O)O)c1. The summed E-state index contributed by atoms with van der Waals surface area (Å²) in [6, 6.07) is 22.0. The molecular formula is C23H17FN2O3. The van der Waals surface area contributed by atoms with E-state index in [4.69, 9.17) is 4.74 Å². The number of rotatable bonds is 5. The van der Waals surface area contributed by atoms with E-state index >= 15 is 0 Å². The first-order valence-corrected chi connectivity index (χ1v) is 8.90. The highest BCUT2D eigenvalue weighted by Gasteiger charge is 2.26. The van der Waals surface area contributed by atoms with Crippen LogP contribution in [0, 0.1) is 5.82 Å². The minimum Gasteiger partial charge on any atom is -0.497 e. The molecule has 0 saturated carbocycles. The first kappa shape index (κ1) is 18.4. The molecule has 6 heteroatoms. The highest BCUT2D eigenvalue weighted by atomic mass is 19.1. The van der Waals surface area contributed by atoms with Crippen molar-refractivity contribution in [1.29, 1.82) is 0 Å². The standard InChI is InChI=1S/C23H17FN2O3/c1-29-19-9-5-8-16(14-19)21-20(23(27)28)22(15-6-3-2-4-7-15)26(25-21)18-12-10-17(24)11-13-18/h2-14H,1H3,(H,27,28). The van der Waals surface area contributed by atoms with Crippen LogP contribution in [0.15, 0.2) is 78.9 Å². The van der Waals surface area contributed by atoms with E-state index in [9.17, 15) is 14.3 Å². The molecule has 0 amide bonds. The second kappa shape index (κ2) is 7.59. The number of benzene rings is 3. The summed E-state index contributed by atoms with van der Waals surface area (Å²) in [6.07, 6.45) is 0. The highest BCUT2D eigenvalue weighted by Crippen LogP contribution is 2.35. The molecule has 0 atom stereocenters. The Morgan fingerprint density at radius 3 is 2.31 bits per heavy atom. The van der Waals surface area contributed by atoms with Crippen molar-refractivity contribution in [3.63, 3.8) is 0 Å². The normalized spacial score (nSPS) is 10.7. The molecule has 4 rings (SSSR count). The lowest BCUT2D eigenvalue weighted by molar-refractivity contribution is 0.0698. The van der Waals surface area contributed by atoms with Gasteiger partial charge < -0.3 is 9.84 Å². The Balaban J connectivity index is 2.04. The second-order valence-electron chi connectivity index (χ2n) is 6.36. The molecule has 0 saturated heterocycles. The predicted octanol–water partition coefficient (Wildman–Crippen LogP) is 5.05. The number of hydrogen-bond acceptors (Lipinski definition) is 3. The second-order valence-corrected chi connectivity index (χ2v) is 6.36. The molecule has 0 aliphatic carbocycles. The van der Waals surface area contributed by atoms with E-state index in [0.29, 0.717) is 34.0 Å². The number of carboxylic acids is 1. The molecule has 3 aromatic carbocycles. The van der Waals surface area contributed by atoms with Crippen molar-refractivity contribution in [3.8, 4) is 34.0 Å². The number of halogens is 1. The van der Waals surface area contributed by atoms with Crippen LogP contribution in [0.4, 0.5) is 4.39 Å². The average molecular weight is 388 g/mol. The summed E-state index contributed by atoms with van der Waals surface area (Å²) < 4.78 is 20.3. The number of carbonyl (C=O) groups is 1. The molecule has 1 N–H and O–H groups in total. The molecule has 1 aromatic heterocycles. The average Bonchev–Trinajstić information content (AvgIpc) is 3.16. The molecule has 0 radical (unpaired) electrons. The van der Waals surface area contributed by atoms with Crippen LogP contribution in [-0.2, 0) is 0 Å². The largest absolute Gasteiger partial charge is 0.497 e. The minimum atomic E-state index is -1.10. The molecule has 0 bridgehead atoms. The zero-order valence-electron chi connectivity index (χ0n) is 15.5. The molecule has 1 heterocycles. The number of methoxy groups -OCH3 is 1.